The third kappa shape index (κ3) is 6.03. The van der Waals surface area contributed by atoms with Crippen molar-refractivity contribution >= 4 is 0 Å². The van der Waals surface area contributed by atoms with Gasteiger partial charge in [0.05, 0.1) is 0 Å². The van der Waals surface area contributed by atoms with Gasteiger partial charge in [-0.25, -0.2) is 8.78 Å². The van der Waals surface area contributed by atoms with Crippen molar-refractivity contribution in [3.8, 4) is 22.3 Å². The van der Waals surface area contributed by atoms with Crippen LogP contribution in [0.25, 0.3) is 22.3 Å². The lowest BCUT2D eigenvalue weighted by Gasteiger charge is -2.05. The molecule has 3 rings (SSSR count). The summed E-state index contributed by atoms with van der Waals surface area (Å²) >= 11 is 0. The van der Waals surface area contributed by atoms with Gasteiger partial charge in [-0.05, 0) is 34.4 Å². The van der Waals surface area contributed by atoms with Gasteiger partial charge in [0.15, 0.2) is 11.6 Å². The van der Waals surface area contributed by atoms with Gasteiger partial charge in [0, 0.05) is 6.92 Å². The van der Waals surface area contributed by atoms with E-state index in [9.17, 15) is 22.0 Å². The van der Waals surface area contributed by atoms with Gasteiger partial charge < -0.3 is 0 Å². The average Bonchev–Trinajstić information content (AvgIpc) is 2.57. The highest BCUT2D eigenvalue weighted by atomic mass is 19.4. The molecule has 0 radical (unpaired) electrons. The number of hydrogen-bond donors (Lipinski definition) is 0. The Bertz CT molecular complexity index is 800. The Morgan fingerprint density at radius 3 is 1.44 bits per heavy atom. The minimum absolute atomic E-state index is 0.188. The van der Waals surface area contributed by atoms with Crippen LogP contribution in [0.3, 0.4) is 0 Å². The van der Waals surface area contributed by atoms with Gasteiger partial charge in [-0.3, -0.25) is 0 Å². The highest BCUT2D eigenvalue weighted by Gasteiger charge is 2.15. The molecular weight excluding hydrogens is 335 g/mol. The first-order valence-electron chi connectivity index (χ1n) is 7.41. The Labute approximate surface area is 142 Å². The van der Waals surface area contributed by atoms with E-state index in [4.69, 9.17) is 0 Å². The summed E-state index contributed by atoms with van der Waals surface area (Å²) in [5.74, 6) is -1.65. The fraction of sp³-hybridized carbons (Fsp3) is 0.100. The van der Waals surface area contributed by atoms with Crippen molar-refractivity contribution in [1.82, 2.24) is 0 Å². The van der Waals surface area contributed by atoms with Crippen molar-refractivity contribution in [3.05, 3.63) is 84.4 Å². The Morgan fingerprint density at radius 2 is 0.960 bits per heavy atom. The smallest absolute Gasteiger partial charge is 0.204 e. The third-order valence-corrected chi connectivity index (χ3v) is 3.24. The quantitative estimate of drug-likeness (QED) is 0.443. The summed E-state index contributed by atoms with van der Waals surface area (Å²) < 4.78 is 57.2. The van der Waals surface area contributed by atoms with Crippen LogP contribution in [-0.4, -0.2) is 6.18 Å². The molecule has 0 aliphatic heterocycles. The van der Waals surface area contributed by atoms with Crippen LogP contribution >= 0.6 is 0 Å². The van der Waals surface area contributed by atoms with E-state index in [0.29, 0.717) is 5.56 Å². The fourth-order valence-corrected chi connectivity index (χ4v) is 2.16. The zero-order valence-electron chi connectivity index (χ0n) is 13.3. The van der Waals surface area contributed by atoms with Gasteiger partial charge in [-0.15, -0.1) is 0 Å². The topological polar surface area (TPSA) is 0 Å². The lowest BCUT2D eigenvalue weighted by Crippen LogP contribution is -1.95. The summed E-state index contributed by atoms with van der Waals surface area (Å²) in [6.45, 7) is 0.188. The molecule has 0 heterocycles. The van der Waals surface area contributed by atoms with Crippen molar-refractivity contribution in [2.24, 2.45) is 0 Å². The van der Waals surface area contributed by atoms with Crippen molar-refractivity contribution in [1.29, 1.82) is 0 Å². The Balaban J connectivity index is 0.000000399. The van der Waals surface area contributed by atoms with E-state index in [2.05, 4.69) is 0 Å². The molecule has 25 heavy (non-hydrogen) atoms. The van der Waals surface area contributed by atoms with Crippen molar-refractivity contribution in [3.63, 3.8) is 0 Å². The number of alkyl halides is 3. The second-order valence-electron chi connectivity index (χ2n) is 5.35. The van der Waals surface area contributed by atoms with Gasteiger partial charge in [0.2, 0.25) is 0 Å². The lowest BCUT2D eigenvalue weighted by molar-refractivity contribution is -0.110. The summed E-state index contributed by atoms with van der Waals surface area (Å²) in [4.78, 5) is 0. The van der Waals surface area contributed by atoms with Gasteiger partial charge in [0.25, 0.3) is 0 Å². The van der Waals surface area contributed by atoms with Crippen LogP contribution in [0.5, 0.6) is 0 Å². The number of rotatable bonds is 2. The Hall–Kier alpha value is -2.69. The molecule has 0 saturated heterocycles. The summed E-state index contributed by atoms with van der Waals surface area (Å²) in [7, 11) is 0. The first-order valence-corrected chi connectivity index (χ1v) is 7.41. The molecule has 0 fully saturated rings. The molecule has 0 N–H and O–H groups in total. The van der Waals surface area contributed by atoms with E-state index in [1.807, 2.05) is 54.6 Å². The van der Waals surface area contributed by atoms with Crippen LogP contribution in [0.2, 0.25) is 0 Å². The number of benzene rings is 3. The fourth-order valence-electron chi connectivity index (χ4n) is 2.16. The van der Waals surface area contributed by atoms with E-state index in [0.717, 1.165) is 22.8 Å². The Morgan fingerprint density at radius 1 is 0.560 bits per heavy atom. The van der Waals surface area contributed by atoms with Crippen molar-refractivity contribution in [2.45, 2.75) is 13.1 Å². The summed E-state index contributed by atoms with van der Waals surface area (Å²) in [5.41, 5.74) is 3.76. The van der Waals surface area contributed by atoms with Gasteiger partial charge in [0.1, 0.15) is 0 Å². The molecule has 0 aliphatic rings. The minimum atomic E-state index is -4.00. The first-order chi connectivity index (χ1) is 11.7. The third-order valence-electron chi connectivity index (χ3n) is 3.24. The van der Waals surface area contributed by atoms with Crippen LogP contribution in [-0.2, 0) is 0 Å². The molecule has 0 unspecified atom stereocenters. The SMILES string of the molecule is CC(F)(F)F.Fc1ccc(-c2ccc(-c3ccccc3)cc2)cc1F. The van der Waals surface area contributed by atoms with Crippen molar-refractivity contribution < 1.29 is 22.0 Å². The predicted molar refractivity (Wildman–Crippen MR) is 89.0 cm³/mol. The van der Waals surface area contributed by atoms with Crippen LogP contribution in [0, 0.1) is 11.6 Å². The van der Waals surface area contributed by atoms with Crippen LogP contribution in [0.4, 0.5) is 22.0 Å². The van der Waals surface area contributed by atoms with E-state index in [1.165, 1.54) is 6.07 Å². The lowest BCUT2D eigenvalue weighted by atomic mass is 10.0. The molecule has 0 spiro atoms. The summed E-state index contributed by atoms with van der Waals surface area (Å²) in [6, 6.07) is 21.7. The molecule has 0 saturated carbocycles. The molecular formula is C20H15F5. The molecule has 0 amide bonds. The maximum atomic E-state index is 13.2. The Kier molecular flexibility index (Phi) is 5.91. The molecule has 3 aromatic rings. The van der Waals surface area contributed by atoms with Gasteiger partial charge in [-0.1, -0.05) is 60.7 Å². The van der Waals surface area contributed by atoms with Crippen LogP contribution in [0.15, 0.2) is 72.8 Å². The summed E-state index contributed by atoms with van der Waals surface area (Å²) in [5, 5.41) is 0. The zero-order valence-corrected chi connectivity index (χ0v) is 13.3. The second-order valence-corrected chi connectivity index (χ2v) is 5.35. The van der Waals surface area contributed by atoms with Gasteiger partial charge >= 0.3 is 6.18 Å². The molecule has 130 valence electrons. The van der Waals surface area contributed by atoms with E-state index in [-0.39, 0.29) is 6.92 Å². The standard InChI is InChI=1S/C18H12F2.C2H3F3/c19-17-11-10-16(12-18(17)20)15-8-6-14(7-9-15)13-4-2-1-3-5-13;1-2(3,4)5/h1-12H;1H3. The minimum Gasteiger partial charge on any atom is -0.204 e. The molecule has 0 aromatic heterocycles. The normalized spacial score (nSPS) is 10.8. The molecule has 0 aliphatic carbocycles. The number of halogens is 5. The first kappa shape index (κ1) is 18.6. The average molecular weight is 350 g/mol. The van der Waals surface area contributed by atoms with Crippen LogP contribution in [0.1, 0.15) is 6.92 Å². The van der Waals surface area contributed by atoms with Gasteiger partial charge in [-0.2, -0.15) is 13.2 Å². The van der Waals surface area contributed by atoms with Crippen molar-refractivity contribution in [2.75, 3.05) is 0 Å². The predicted octanol–water partition coefficient (Wildman–Crippen LogP) is 6.87. The molecule has 0 bridgehead atoms. The summed E-state index contributed by atoms with van der Waals surface area (Å²) in [6.07, 6.45) is -4.00. The van der Waals surface area contributed by atoms with E-state index < -0.39 is 17.8 Å². The monoisotopic (exact) mass is 350 g/mol. The maximum Gasteiger partial charge on any atom is 0.386 e. The molecule has 5 heteroatoms. The molecule has 3 aromatic carbocycles. The molecule has 0 nitrogen and oxygen atoms in total. The molecule has 0 atom stereocenters. The highest BCUT2D eigenvalue weighted by Crippen LogP contribution is 2.25. The highest BCUT2D eigenvalue weighted by molar-refractivity contribution is 5.70. The second kappa shape index (κ2) is 7.92. The zero-order chi connectivity index (χ0) is 18.4. The van der Waals surface area contributed by atoms with E-state index >= 15 is 0 Å². The van der Waals surface area contributed by atoms with E-state index in [1.54, 1.807) is 6.07 Å². The number of hydrogen-bond acceptors (Lipinski definition) is 0. The van der Waals surface area contributed by atoms with Crippen LogP contribution < -0.4 is 0 Å². The maximum absolute atomic E-state index is 13.2. The largest absolute Gasteiger partial charge is 0.386 e.